The Bertz CT molecular complexity index is 319. The van der Waals surface area contributed by atoms with Crippen LogP contribution in [0.1, 0.15) is 33.3 Å². The summed E-state index contributed by atoms with van der Waals surface area (Å²) in [6.45, 7) is 7.96. The molecule has 15 heavy (non-hydrogen) atoms. The highest BCUT2D eigenvalue weighted by atomic mass is 16.1. The van der Waals surface area contributed by atoms with Crippen LogP contribution in [0.4, 0.5) is 0 Å². The lowest BCUT2D eigenvalue weighted by Crippen LogP contribution is -2.27. The number of Topliss-reactive ketones (excluding diaryl/α,β-unsaturated/α-hetero) is 1. The van der Waals surface area contributed by atoms with Crippen molar-refractivity contribution in [3.05, 3.63) is 35.9 Å². The maximum Gasteiger partial charge on any atom is 0.141 e. The van der Waals surface area contributed by atoms with Gasteiger partial charge in [-0.2, -0.15) is 0 Å². The van der Waals surface area contributed by atoms with Gasteiger partial charge in [0.15, 0.2) is 0 Å². The van der Waals surface area contributed by atoms with Crippen molar-refractivity contribution in [3.8, 4) is 0 Å². The molecule has 0 aliphatic heterocycles. The van der Waals surface area contributed by atoms with Crippen LogP contribution in [0.25, 0.3) is 0 Å². The molecule has 0 radical (unpaired) electrons. The van der Waals surface area contributed by atoms with Crippen LogP contribution in [-0.2, 0) is 11.2 Å². The van der Waals surface area contributed by atoms with Crippen LogP contribution < -0.4 is 0 Å². The Hall–Kier alpha value is -1.11. The Kier molecular flexibility index (Phi) is 3.67. The Labute approximate surface area is 92.5 Å². The van der Waals surface area contributed by atoms with Gasteiger partial charge in [-0.3, -0.25) is 4.79 Å². The average Bonchev–Trinajstić information content (AvgIpc) is 2.16. The second-order valence-electron chi connectivity index (χ2n) is 5.21. The number of hydrogen-bond acceptors (Lipinski definition) is 1. The molecule has 0 aliphatic rings. The molecule has 0 aromatic heterocycles. The van der Waals surface area contributed by atoms with Gasteiger partial charge in [0.2, 0.25) is 0 Å². The summed E-state index contributed by atoms with van der Waals surface area (Å²) in [4.78, 5) is 12.0. The lowest BCUT2D eigenvalue weighted by molar-refractivity contribution is -0.129. The SMILES string of the molecule is C[C@@H](Cc1ccccc1)C(=O)C(C)(C)C. The van der Waals surface area contributed by atoms with Crippen molar-refractivity contribution < 1.29 is 4.79 Å². The molecule has 0 heterocycles. The Morgan fingerprint density at radius 2 is 1.73 bits per heavy atom. The Morgan fingerprint density at radius 1 is 1.20 bits per heavy atom. The van der Waals surface area contributed by atoms with Gasteiger partial charge in [-0.05, 0) is 12.0 Å². The van der Waals surface area contributed by atoms with Crippen molar-refractivity contribution in [2.24, 2.45) is 11.3 Å². The minimum absolute atomic E-state index is 0.104. The fourth-order valence-corrected chi connectivity index (χ4v) is 1.80. The highest BCUT2D eigenvalue weighted by Gasteiger charge is 2.26. The van der Waals surface area contributed by atoms with E-state index in [-0.39, 0.29) is 11.3 Å². The van der Waals surface area contributed by atoms with Gasteiger partial charge in [-0.1, -0.05) is 58.0 Å². The van der Waals surface area contributed by atoms with E-state index in [0.717, 1.165) is 6.42 Å². The quantitative estimate of drug-likeness (QED) is 0.736. The normalized spacial score (nSPS) is 13.6. The first kappa shape index (κ1) is 12.0. The highest BCUT2D eigenvalue weighted by molar-refractivity contribution is 5.85. The van der Waals surface area contributed by atoms with Gasteiger partial charge in [0.1, 0.15) is 5.78 Å². The number of rotatable bonds is 3. The molecule has 1 heteroatoms. The van der Waals surface area contributed by atoms with Gasteiger partial charge in [0.05, 0.1) is 0 Å². The smallest absolute Gasteiger partial charge is 0.141 e. The van der Waals surface area contributed by atoms with Gasteiger partial charge >= 0.3 is 0 Å². The third kappa shape index (κ3) is 3.50. The van der Waals surface area contributed by atoms with Crippen LogP contribution in [0.2, 0.25) is 0 Å². The summed E-state index contributed by atoms with van der Waals surface area (Å²) < 4.78 is 0. The molecule has 0 bridgehead atoms. The number of benzene rings is 1. The van der Waals surface area contributed by atoms with E-state index in [1.54, 1.807) is 0 Å². The molecule has 0 saturated carbocycles. The summed E-state index contributed by atoms with van der Waals surface area (Å²) in [5.74, 6) is 0.443. The molecule has 0 aliphatic carbocycles. The predicted octanol–water partition coefficient (Wildman–Crippen LogP) is 3.48. The van der Waals surface area contributed by atoms with E-state index in [1.807, 2.05) is 45.9 Å². The Morgan fingerprint density at radius 3 is 2.20 bits per heavy atom. The molecule has 0 amide bonds. The fourth-order valence-electron chi connectivity index (χ4n) is 1.80. The lowest BCUT2D eigenvalue weighted by atomic mass is 9.81. The molecule has 1 aromatic rings. The third-order valence-corrected chi connectivity index (χ3v) is 2.57. The third-order valence-electron chi connectivity index (χ3n) is 2.57. The minimum atomic E-state index is -0.228. The summed E-state index contributed by atoms with van der Waals surface area (Å²) in [5, 5.41) is 0. The second-order valence-corrected chi connectivity index (χ2v) is 5.21. The van der Waals surface area contributed by atoms with E-state index in [0.29, 0.717) is 5.78 Å². The summed E-state index contributed by atoms with van der Waals surface area (Å²) >= 11 is 0. The number of ketones is 1. The van der Waals surface area contributed by atoms with Gasteiger partial charge in [-0.15, -0.1) is 0 Å². The zero-order chi connectivity index (χ0) is 11.5. The standard InChI is InChI=1S/C14H20O/c1-11(13(15)14(2,3)4)10-12-8-6-5-7-9-12/h5-9,11H,10H2,1-4H3/t11-/m0/s1. The summed E-state index contributed by atoms with van der Waals surface area (Å²) in [6.07, 6.45) is 0.844. The molecular weight excluding hydrogens is 184 g/mol. The molecule has 1 atom stereocenters. The molecule has 82 valence electrons. The fraction of sp³-hybridized carbons (Fsp3) is 0.500. The molecule has 1 aromatic carbocycles. The molecular formula is C14H20O. The first-order valence-electron chi connectivity index (χ1n) is 5.49. The van der Waals surface area contributed by atoms with Crippen LogP contribution in [0, 0.1) is 11.3 Å². The first-order chi connectivity index (χ1) is 6.91. The van der Waals surface area contributed by atoms with Gasteiger partial charge < -0.3 is 0 Å². The van der Waals surface area contributed by atoms with E-state index >= 15 is 0 Å². The second kappa shape index (κ2) is 4.61. The van der Waals surface area contributed by atoms with E-state index in [2.05, 4.69) is 12.1 Å². The van der Waals surface area contributed by atoms with Crippen molar-refractivity contribution >= 4 is 5.78 Å². The lowest BCUT2D eigenvalue weighted by Gasteiger charge is -2.21. The average molecular weight is 204 g/mol. The number of carbonyl (C=O) groups is 1. The molecule has 0 unspecified atom stereocenters. The predicted molar refractivity (Wildman–Crippen MR) is 63.8 cm³/mol. The van der Waals surface area contributed by atoms with Crippen LogP contribution in [0.3, 0.4) is 0 Å². The van der Waals surface area contributed by atoms with Crippen LogP contribution in [-0.4, -0.2) is 5.78 Å². The van der Waals surface area contributed by atoms with Crippen LogP contribution >= 0.6 is 0 Å². The maximum atomic E-state index is 12.0. The maximum absolute atomic E-state index is 12.0. The van der Waals surface area contributed by atoms with Crippen molar-refractivity contribution in [2.75, 3.05) is 0 Å². The first-order valence-corrected chi connectivity index (χ1v) is 5.49. The van der Waals surface area contributed by atoms with E-state index < -0.39 is 0 Å². The largest absolute Gasteiger partial charge is 0.299 e. The van der Waals surface area contributed by atoms with E-state index in [4.69, 9.17) is 0 Å². The topological polar surface area (TPSA) is 17.1 Å². The zero-order valence-electron chi connectivity index (χ0n) is 10.1. The summed E-state index contributed by atoms with van der Waals surface area (Å²) in [6, 6.07) is 10.2. The molecule has 0 N–H and O–H groups in total. The van der Waals surface area contributed by atoms with Crippen molar-refractivity contribution in [1.82, 2.24) is 0 Å². The van der Waals surface area contributed by atoms with Gasteiger partial charge in [0, 0.05) is 11.3 Å². The Balaban J connectivity index is 2.65. The summed E-state index contributed by atoms with van der Waals surface area (Å²) in [7, 11) is 0. The van der Waals surface area contributed by atoms with Crippen molar-refractivity contribution in [2.45, 2.75) is 34.1 Å². The van der Waals surface area contributed by atoms with Crippen molar-refractivity contribution in [3.63, 3.8) is 0 Å². The number of carbonyl (C=O) groups excluding carboxylic acids is 1. The van der Waals surface area contributed by atoms with Crippen LogP contribution in [0.15, 0.2) is 30.3 Å². The molecule has 0 fully saturated rings. The minimum Gasteiger partial charge on any atom is -0.299 e. The van der Waals surface area contributed by atoms with Crippen molar-refractivity contribution in [1.29, 1.82) is 0 Å². The van der Waals surface area contributed by atoms with Gasteiger partial charge in [0.25, 0.3) is 0 Å². The van der Waals surface area contributed by atoms with Crippen LogP contribution in [0.5, 0.6) is 0 Å². The van der Waals surface area contributed by atoms with Gasteiger partial charge in [-0.25, -0.2) is 0 Å². The number of hydrogen-bond donors (Lipinski definition) is 0. The van der Waals surface area contributed by atoms with E-state index in [1.165, 1.54) is 5.56 Å². The molecule has 0 spiro atoms. The van der Waals surface area contributed by atoms with E-state index in [9.17, 15) is 4.79 Å². The molecule has 0 saturated heterocycles. The highest BCUT2D eigenvalue weighted by Crippen LogP contribution is 2.22. The summed E-state index contributed by atoms with van der Waals surface area (Å²) in [5.41, 5.74) is 1.01. The molecule has 1 rings (SSSR count). The zero-order valence-corrected chi connectivity index (χ0v) is 10.1. The monoisotopic (exact) mass is 204 g/mol. The molecule has 1 nitrogen and oxygen atoms in total.